The Balaban J connectivity index is 1.12. The number of anilines is 5. The number of nitrogens with zero attached hydrogens (tertiary/aromatic N) is 9. The van der Waals surface area contributed by atoms with Crippen molar-refractivity contribution in [1.82, 2.24) is 45.3 Å². The highest BCUT2D eigenvalue weighted by atomic mass is 19.4. The monoisotopic (exact) mass is 766 g/mol. The Labute approximate surface area is 323 Å². The second-order valence-corrected chi connectivity index (χ2v) is 14.9. The maximum Gasteiger partial charge on any atom is 0.416 e. The van der Waals surface area contributed by atoms with Crippen molar-refractivity contribution in [2.75, 3.05) is 48.3 Å². The molecule has 0 saturated carbocycles. The van der Waals surface area contributed by atoms with Crippen LogP contribution < -0.4 is 30.7 Å². The number of aryl methyl sites for hydroxylation is 2. The van der Waals surface area contributed by atoms with Crippen LogP contribution >= 0.6 is 0 Å². The lowest BCUT2D eigenvalue weighted by Crippen LogP contribution is -2.48. The van der Waals surface area contributed by atoms with Crippen LogP contribution in [0.2, 0.25) is 0 Å². The van der Waals surface area contributed by atoms with Crippen molar-refractivity contribution in [3.05, 3.63) is 96.4 Å². The number of pyridine rings is 2. The summed E-state index contributed by atoms with van der Waals surface area (Å²) in [7, 11) is 1.88. The van der Waals surface area contributed by atoms with E-state index < -0.39 is 11.7 Å². The second kappa shape index (κ2) is 15.9. The van der Waals surface area contributed by atoms with Gasteiger partial charge in [0.2, 0.25) is 11.8 Å². The molecule has 0 aromatic carbocycles. The van der Waals surface area contributed by atoms with Crippen molar-refractivity contribution in [3.63, 3.8) is 0 Å². The van der Waals surface area contributed by atoms with Crippen LogP contribution in [0, 0.1) is 6.92 Å². The summed E-state index contributed by atoms with van der Waals surface area (Å²) in [6, 6.07) is 9.83. The van der Waals surface area contributed by atoms with E-state index >= 15 is 0 Å². The first-order chi connectivity index (χ1) is 27.1. The van der Waals surface area contributed by atoms with Gasteiger partial charge in [-0.1, -0.05) is 6.08 Å². The molecule has 5 aromatic heterocycles. The number of hydrogen-bond acceptors (Lipinski definition) is 11. The number of hydrogen-bond donors (Lipinski definition) is 4. The van der Waals surface area contributed by atoms with Gasteiger partial charge >= 0.3 is 6.18 Å². The van der Waals surface area contributed by atoms with Crippen LogP contribution in [0.4, 0.5) is 42.4 Å². The molecule has 3 fully saturated rings. The van der Waals surface area contributed by atoms with E-state index in [0.29, 0.717) is 35.9 Å². The summed E-state index contributed by atoms with van der Waals surface area (Å²) in [5, 5.41) is 18.0. The van der Waals surface area contributed by atoms with Crippen LogP contribution in [0.25, 0.3) is 11.4 Å². The standard InChI is InChI=1S/C40H46F3N13/c1-4-32-33(11-18-56(32)39-49-31(27-7-14-45-15-8-27)22-35(53-39)50-34-20-29(9-16-46-34)40(41,42)43)55-17-10-25(2)19-37(55)51-36-21-30(26-5-12-44-13-6-26)48-38(52-36)28-23-47-54(3)24-28/h4,9-10,16-17,19-24,26-27,32-33,44-45H,1,5-8,11-15,18H2,2-3H3,(H,46,49,50,53)/p+1. The van der Waals surface area contributed by atoms with Gasteiger partial charge in [0.15, 0.2) is 5.82 Å². The summed E-state index contributed by atoms with van der Waals surface area (Å²) < 4.78 is 44.7. The van der Waals surface area contributed by atoms with Crippen LogP contribution in [-0.4, -0.2) is 73.5 Å². The van der Waals surface area contributed by atoms with Crippen molar-refractivity contribution in [2.24, 2.45) is 7.05 Å². The molecule has 3 saturated heterocycles. The third-order valence-corrected chi connectivity index (χ3v) is 11.0. The van der Waals surface area contributed by atoms with Gasteiger partial charge in [0.05, 0.1) is 41.0 Å². The van der Waals surface area contributed by atoms with Gasteiger partial charge in [-0.3, -0.25) is 4.68 Å². The average Bonchev–Trinajstić information content (AvgIpc) is 3.85. The first-order valence-electron chi connectivity index (χ1n) is 19.3. The summed E-state index contributed by atoms with van der Waals surface area (Å²) in [4.78, 5) is 26.3. The Morgan fingerprint density at radius 2 is 1.55 bits per heavy atom. The summed E-state index contributed by atoms with van der Waals surface area (Å²) in [6.07, 6.45) is 8.95. The molecule has 0 radical (unpaired) electrons. The van der Waals surface area contributed by atoms with Gasteiger partial charge in [-0.25, -0.2) is 24.8 Å². The molecular formula is C40H47F3N13+. The van der Waals surface area contributed by atoms with Crippen LogP contribution in [0.1, 0.15) is 72.5 Å². The van der Waals surface area contributed by atoms with E-state index in [-0.39, 0.29) is 23.8 Å². The van der Waals surface area contributed by atoms with Gasteiger partial charge in [-0.2, -0.15) is 28.2 Å². The molecule has 13 nitrogen and oxygen atoms in total. The quantitative estimate of drug-likeness (QED) is 0.0970. The first-order valence-corrected chi connectivity index (χ1v) is 19.3. The lowest BCUT2D eigenvalue weighted by atomic mass is 9.94. The van der Waals surface area contributed by atoms with Gasteiger partial charge in [0.25, 0.3) is 5.82 Å². The van der Waals surface area contributed by atoms with Crippen molar-refractivity contribution in [2.45, 2.75) is 69.1 Å². The molecule has 3 aliphatic rings. The molecule has 2 unspecified atom stereocenters. The summed E-state index contributed by atoms with van der Waals surface area (Å²) in [5.74, 6) is 3.64. The van der Waals surface area contributed by atoms with E-state index in [9.17, 15) is 13.2 Å². The predicted octanol–water partition coefficient (Wildman–Crippen LogP) is 6.10. The first kappa shape index (κ1) is 37.4. The van der Waals surface area contributed by atoms with Gasteiger partial charge in [0.1, 0.15) is 17.7 Å². The third kappa shape index (κ3) is 8.21. The van der Waals surface area contributed by atoms with Crippen molar-refractivity contribution < 1.29 is 17.7 Å². The molecule has 8 heterocycles. The SMILES string of the molecule is C=CC1C([n+]2ccc(C)cc2Nc2cc(C3CCNCC3)nc(-c3cnn(C)c3)n2)CCN1c1nc(Nc2cc(C(F)(F)F)ccn2)cc(C2CCNCC2)n1. The van der Waals surface area contributed by atoms with Gasteiger partial charge in [0, 0.05) is 62.4 Å². The minimum absolute atomic E-state index is 0.0493. The molecule has 0 aliphatic carbocycles. The largest absolute Gasteiger partial charge is 0.416 e. The maximum atomic E-state index is 13.6. The molecule has 4 N–H and O–H groups in total. The van der Waals surface area contributed by atoms with Crippen molar-refractivity contribution >= 4 is 29.2 Å². The molecule has 3 aliphatic heterocycles. The lowest BCUT2D eigenvalue weighted by molar-refractivity contribution is -0.708. The van der Waals surface area contributed by atoms with Crippen molar-refractivity contribution in [1.29, 1.82) is 0 Å². The molecule has 5 aromatic rings. The molecule has 0 spiro atoms. The van der Waals surface area contributed by atoms with E-state index in [1.807, 2.05) is 25.4 Å². The van der Waals surface area contributed by atoms with Gasteiger partial charge in [-0.15, -0.1) is 6.58 Å². The Morgan fingerprint density at radius 3 is 2.21 bits per heavy atom. The number of rotatable bonds is 10. The van der Waals surface area contributed by atoms with E-state index in [1.165, 1.54) is 0 Å². The van der Waals surface area contributed by atoms with E-state index in [1.54, 1.807) is 10.9 Å². The maximum absolute atomic E-state index is 13.6. The summed E-state index contributed by atoms with van der Waals surface area (Å²) in [5.41, 5.74) is 3.01. The minimum atomic E-state index is -4.50. The summed E-state index contributed by atoms with van der Waals surface area (Å²) >= 11 is 0. The Kier molecular flexibility index (Phi) is 10.7. The molecule has 2 atom stereocenters. The second-order valence-electron chi connectivity index (χ2n) is 14.9. The van der Waals surface area contributed by atoms with Gasteiger partial charge < -0.3 is 20.9 Å². The van der Waals surface area contributed by atoms with Crippen LogP contribution in [-0.2, 0) is 13.2 Å². The van der Waals surface area contributed by atoms with Crippen LogP contribution in [0.5, 0.6) is 0 Å². The zero-order chi connectivity index (χ0) is 38.8. The Bertz CT molecular complexity index is 2180. The fraction of sp³-hybridized carbons (Fsp3) is 0.425. The fourth-order valence-electron chi connectivity index (χ4n) is 8.06. The molecule has 8 rings (SSSR count). The van der Waals surface area contributed by atoms with E-state index in [4.69, 9.17) is 19.9 Å². The van der Waals surface area contributed by atoms with Crippen LogP contribution in [0.15, 0.2) is 73.8 Å². The normalized spacial score (nSPS) is 19.6. The van der Waals surface area contributed by atoms with Crippen molar-refractivity contribution in [3.8, 4) is 11.4 Å². The highest BCUT2D eigenvalue weighted by molar-refractivity contribution is 5.59. The molecule has 0 bridgehead atoms. The number of aromatic nitrogens is 8. The lowest BCUT2D eigenvalue weighted by Gasteiger charge is -2.28. The van der Waals surface area contributed by atoms with E-state index in [2.05, 4.69) is 78.7 Å². The molecule has 16 heteroatoms. The molecule has 0 amide bonds. The minimum Gasteiger partial charge on any atom is -0.330 e. The zero-order valence-electron chi connectivity index (χ0n) is 31.6. The number of nitrogens with one attached hydrogen (secondary N) is 4. The highest BCUT2D eigenvalue weighted by Crippen LogP contribution is 2.36. The molecule has 292 valence electrons. The van der Waals surface area contributed by atoms with E-state index in [0.717, 1.165) is 105 Å². The van der Waals surface area contributed by atoms with Gasteiger partial charge in [-0.05, 0) is 82.5 Å². The zero-order valence-corrected chi connectivity index (χ0v) is 31.6. The number of piperidine rings is 2. The highest BCUT2D eigenvalue weighted by Gasteiger charge is 2.40. The third-order valence-electron chi connectivity index (χ3n) is 11.0. The fourth-order valence-corrected chi connectivity index (χ4v) is 8.06. The topological polar surface area (TPSA) is 138 Å². The molecular weight excluding hydrogens is 720 g/mol. The Hall–Kier alpha value is -5.48. The molecule has 56 heavy (non-hydrogen) atoms. The number of alkyl halides is 3. The predicted molar refractivity (Wildman–Crippen MR) is 208 cm³/mol. The summed E-state index contributed by atoms with van der Waals surface area (Å²) in [6.45, 7) is 10.6. The van der Waals surface area contributed by atoms with Crippen LogP contribution in [0.3, 0.4) is 0 Å². The average molecular weight is 767 g/mol. The number of halogens is 3. The Morgan fingerprint density at radius 1 is 0.857 bits per heavy atom. The smallest absolute Gasteiger partial charge is 0.330 e.